The molecule has 0 bridgehead atoms. The van der Waals surface area contributed by atoms with E-state index in [9.17, 15) is 5.11 Å². The summed E-state index contributed by atoms with van der Waals surface area (Å²) in [4.78, 5) is 14.4. The van der Waals surface area contributed by atoms with Crippen molar-refractivity contribution in [3.63, 3.8) is 0 Å². The SMILES string of the molecule is CN(c1ccc(COc2nc(O)c3ccncc3n2)cc1)c1ccc2cnn(C)c2c1. The van der Waals surface area contributed by atoms with Crippen molar-refractivity contribution in [3.05, 3.63) is 72.7 Å². The molecule has 0 radical (unpaired) electrons. The summed E-state index contributed by atoms with van der Waals surface area (Å²) in [7, 11) is 3.97. The molecule has 0 saturated heterocycles. The predicted molar refractivity (Wildman–Crippen MR) is 119 cm³/mol. The van der Waals surface area contributed by atoms with Crippen LogP contribution in [0.3, 0.4) is 0 Å². The molecule has 8 heteroatoms. The van der Waals surface area contributed by atoms with Gasteiger partial charge in [-0.25, -0.2) is 0 Å². The molecule has 0 amide bonds. The van der Waals surface area contributed by atoms with Crippen molar-refractivity contribution >= 4 is 33.2 Å². The normalized spacial score (nSPS) is 11.2. The van der Waals surface area contributed by atoms with Crippen molar-refractivity contribution in [2.75, 3.05) is 11.9 Å². The van der Waals surface area contributed by atoms with E-state index in [1.54, 1.807) is 18.5 Å². The lowest BCUT2D eigenvalue weighted by molar-refractivity contribution is 0.277. The number of aryl methyl sites for hydroxylation is 1. The lowest BCUT2D eigenvalue weighted by Crippen LogP contribution is -2.09. The van der Waals surface area contributed by atoms with Crippen LogP contribution < -0.4 is 9.64 Å². The van der Waals surface area contributed by atoms with Gasteiger partial charge in [0.25, 0.3) is 0 Å². The van der Waals surface area contributed by atoms with Crippen LogP contribution >= 0.6 is 0 Å². The maximum atomic E-state index is 10.1. The van der Waals surface area contributed by atoms with E-state index in [1.165, 1.54) is 0 Å². The van der Waals surface area contributed by atoms with Gasteiger partial charge < -0.3 is 14.7 Å². The molecule has 0 aliphatic heterocycles. The Bertz CT molecular complexity index is 1380. The number of ether oxygens (including phenoxy) is 1. The van der Waals surface area contributed by atoms with E-state index in [0.717, 1.165) is 27.8 Å². The number of nitrogens with zero attached hydrogens (tertiary/aromatic N) is 6. The molecule has 154 valence electrons. The number of anilines is 2. The molecule has 8 nitrogen and oxygen atoms in total. The van der Waals surface area contributed by atoms with Crippen LogP contribution in [0.25, 0.3) is 21.8 Å². The number of rotatable bonds is 5. The summed E-state index contributed by atoms with van der Waals surface area (Å²) in [5.41, 5.74) is 4.72. The fourth-order valence-corrected chi connectivity index (χ4v) is 3.46. The predicted octanol–water partition coefficient (Wildman–Crippen LogP) is 3.96. The first-order valence-corrected chi connectivity index (χ1v) is 9.76. The number of pyridine rings is 1. The first-order valence-electron chi connectivity index (χ1n) is 9.76. The number of hydrogen-bond donors (Lipinski definition) is 1. The molecule has 0 unspecified atom stereocenters. The molecule has 0 aliphatic carbocycles. The minimum Gasteiger partial charge on any atom is -0.493 e. The van der Waals surface area contributed by atoms with Crippen LogP contribution in [0.1, 0.15) is 5.56 Å². The number of hydrogen-bond acceptors (Lipinski definition) is 7. The lowest BCUT2D eigenvalue weighted by Gasteiger charge is -2.20. The summed E-state index contributed by atoms with van der Waals surface area (Å²) in [6.07, 6.45) is 5.01. The molecule has 3 aromatic heterocycles. The van der Waals surface area contributed by atoms with Crippen LogP contribution in [0.5, 0.6) is 11.9 Å². The van der Waals surface area contributed by atoms with Gasteiger partial charge in [-0.3, -0.25) is 9.67 Å². The fourth-order valence-electron chi connectivity index (χ4n) is 3.46. The van der Waals surface area contributed by atoms with Gasteiger partial charge in [-0.15, -0.1) is 0 Å². The monoisotopic (exact) mass is 412 g/mol. The van der Waals surface area contributed by atoms with Crippen molar-refractivity contribution < 1.29 is 9.84 Å². The van der Waals surface area contributed by atoms with Crippen LogP contribution in [0.15, 0.2) is 67.1 Å². The summed E-state index contributed by atoms with van der Waals surface area (Å²) < 4.78 is 7.56. The molecule has 2 aromatic carbocycles. The summed E-state index contributed by atoms with van der Waals surface area (Å²) in [6.45, 7) is 0.288. The highest BCUT2D eigenvalue weighted by molar-refractivity contribution is 5.84. The molecule has 0 aliphatic rings. The van der Waals surface area contributed by atoms with Crippen LogP contribution in [0, 0.1) is 0 Å². The number of fused-ring (bicyclic) bond motifs is 2. The quantitative estimate of drug-likeness (QED) is 0.467. The second-order valence-corrected chi connectivity index (χ2v) is 7.25. The first-order chi connectivity index (χ1) is 15.1. The van der Waals surface area contributed by atoms with Gasteiger partial charge in [0.15, 0.2) is 0 Å². The Labute approximate surface area is 178 Å². The average Bonchev–Trinajstić information content (AvgIpc) is 3.18. The third kappa shape index (κ3) is 3.59. The van der Waals surface area contributed by atoms with Crippen molar-refractivity contribution in [3.8, 4) is 11.9 Å². The standard InChI is InChI=1S/C23H20N6O2/c1-28(18-8-5-16-12-25-29(2)21(16)11-18)17-6-3-15(4-7-17)14-31-23-26-20-13-24-10-9-19(20)22(30)27-23/h3-13H,14H2,1-2H3,(H,26,27,30). The summed E-state index contributed by atoms with van der Waals surface area (Å²) in [6, 6.07) is 16.1. The molecule has 31 heavy (non-hydrogen) atoms. The van der Waals surface area contributed by atoms with Gasteiger partial charge in [0.05, 0.1) is 28.8 Å². The highest BCUT2D eigenvalue weighted by Gasteiger charge is 2.09. The highest BCUT2D eigenvalue weighted by Crippen LogP contribution is 2.27. The van der Waals surface area contributed by atoms with Crippen molar-refractivity contribution in [2.24, 2.45) is 7.05 Å². The molecule has 0 fully saturated rings. The Hall–Kier alpha value is -4.20. The van der Waals surface area contributed by atoms with Crippen molar-refractivity contribution in [1.82, 2.24) is 24.7 Å². The largest absolute Gasteiger partial charge is 0.493 e. The molecule has 5 rings (SSSR count). The van der Waals surface area contributed by atoms with Crippen molar-refractivity contribution in [1.29, 1.82) is 0 Å². The summed E-state index contributed by atoms with van der Waals surface area (Å²) >= 11 is 0. The van der Waals surface area contributed by atoms with E-state index in [1.807, 2.05) is 49.2 Å². The van der Waals surface area contributed by atoms with Gasteiger partial charge in [0.2, 0.25) is 5.88 Å². The minimum atomic E-state index is -0.121. The Kier molecular flexibility index (Phi) is 4.59. The van der Waals surface area contributed by atoms with E-state index in [-0.39, 0.29) is 18.5 Å². The van der Waals surface area contributed by atoms with Crippen LogP contribution in [0.2, 0.25) is 0 Å². The van der Waals surface area contributed by atoms with E-state index in [0.29, 0.717) is 10.9 Å². The zero-order valence-corrected chi connectivity index (χ0v) is 17.1. The summed E-state index contributed by atoms with van der Waals surface area (Å²) in [5.74, 6) is -0.121. The molecule has 0 atom stereocenters. The van der Waals surface area contributed by atoms with E-state index < -0.39 is 0 Å². The molecular weight excluding hydrogens is 392 g/mol. The molecule has 5 aromatic rings. The second-order valence-electron chi connectivity index (χ2n) is 7.25. The van der Waals surface area contributed by atoms with Gasteiger partial charge in [-0.2, -0.15) is 15.1 Å². The third-order valence-corrected chi connectivity index (χ3v) is 5.27. The van der Waals surface area contributed by atoms with E-state index >= 15 is 0 Å². The Balaban J connectivity index is 1.31. The first kappa shape index (κ1) is 18.8. The average molecular weight is 412 g/mol. The number of aromatic hydroxyl groups is 1. The molecule has 3 heterocycles. The highest BCUT2D eigenvalue weighted by atomic mass is 16.5. The van der Waals surface area contributed by atoms with Gasteiger partial charge in [-0.05, 0) is 42.0 Å². The van der Waals surface area contributed by atoms with Gasteiger partial charge in [-0.1, -0.05) is 12.1 Å². The molecule has 0 saturated carbocycles. The Morgan fingerprint density at radius 3 is 2.65 bits per heavy atom. The smallest absolute Gasteiger partial charge is 0.320 e. The van der Waals surface area contributed by atoms with Crippen LogP contribution in [-0.2, 0) is 13.7 Å². The van der Waals surface area contributed by atoms with Gasteiger partial charge in [0.1, 0.15) is 6.61 Å². The summed E-state index contributed by atoms with van der Waals surface area (Å²) in [5, 5.41) is 16.0. The van der Waals surface area contributed by atoms with Gasteiger partial charge in [0, 0.05) is 37.1 Å². The zero-order valence-electron chi connectivity index (χ0n) is 17.1. The molecular formula is C23H20N6O2. The number of aromatic nitrogens is 5. The minimum absolute atomic E-state index is 0.115. The van der Waals surface area contributed by atoms with Gasteiger partial charge >= 0.3 is 6.01 Å². The zero-order chi connectivity index (χ0) is 21.4. The fraction of sp³-hybridized carbons (Fsp3) is 0.130. The second kappa shape index (κ2) is 7.56. The Morgan fingerprint density at radius 1 is 1.00 bits per heavy atom. The third-order valence-electron chi connectivity index (χ3n) is 5.27. The van der Waals surface area contributed by atoms with Crippen LogP contribution in [-0.4, -0.2) is 36.9 Å². The Morgan fingerprint density at radius 2 is 1.81 bits per heavy atom. The van der Waals surface area contributed by atoms with E-state index in [2.05, 4.69) is 43.1 Å². The number of benzene rings is 2. The maximum Gasteiger partial charge on any atom is 0.320 e. The molecule has 1 N–H and O–H groups in total. The van der Waals surface area contributed by atoms with Crippen molar-refractivity contribution in [2.45, 2.75) is 6.61 Å². The van der Waals surface area contributed by atoms with Crippen LogP contribution in [0.4, 0.5) is 11.4 Å². The lowest BCUT2D eigenvalue weighted by atomic mass is 10.2. The molecule has 0 spiro atoms. The topological polar surface area (TPSA) is 89.2 Å². The maximum absolute atomic E-state index is 10.1. The van der Waals surface area contributed by atoms with E-state index in [4.69, 9.17) is 4.74 Å².